The molecule has 2 aromatic rings. The number of rotatable bonds is 5. The molecule has 1 amide bonds. The van der Waals surface area contributed by atoms with E-state index in [-0.39, 0.29) is 24.5 Å². The lowest BCUT2D eigenvalue weighted by Gasteiger charge is -2.05. The number of hydrogen-bond donors (Lipinski definition) is 1. The van der Waals surface area contributed by atoms with Crippen molar-refractivity contribution in [2.75, 3.05) is 5.32 Å². The number of anilines is 1. The molecule has 108 valence electrons. The summed E-state index contributed by atoms with van der Waals surface area (Å²) in [5, 5.41) is 3.19. The summed E-state index contributed by atoms with van der Waals surface area (Å²) < 4.78 is 12.8. The predicted molar refractivity (Wildman–Crippen MR) is 80.0 cm³/mol. The van der Waals surface area contributed by atoms with E-state index in [0.717, 1.165) is 0 Å². The van der Waals surface area contributed by atoms with Gasteiger partial charge in [-0.2, -0.15) is 0 Å². The van der Waals surface area contributed by atoms with E-state index < -0.39 is 5.82 Å². The summed E-state index contributed by atoms with van der Waals surface area (Å²) in [6.07, 6.45) is 0.126. The molecule has 0 heterocycles. The zero-order chi connectivity index (χ0) is 15.2. The molecule has 21 heavy (non-hydrogen) atoms. The van der Waals surface area contributed by atoms with E-state index in [1.807, 2.05) is 0 Å². The monoisotopic (exact) mass is 305 g/mol. The second kappa shape index (κ2) is 6.99. The Morgan fingerprint density at radius 3 is 2.43 bits per heavy atom. The summed E-state index contributed by atoms with van der Waals surface area (Å²) in [5.41, 5.74) is 0.980. The fourth-order valence-corrected chi connectivity index (χ4v) is 1.99. The molecule has 0 unspecified atom stereocenters. The van der Waals surface area contributed by atoms with E-state index in [4.69, 9.17) is 11.6 Å². The van der Waals surface area contributed by atoms with Crippen molar-refractivity contribution in [2.45, 2.75) is 12.8 Å². The summed E-state index contributed by atoms with van der Waals surface area (Å²) in [7, 11) is 0. The number of carbonyl (C=O) groups excluding carboxylic acids is 2. The van der Waals surface area contributed by atoms with Gasteiger partial charge in [-0.3, -0.25) is 9.59 Å². The van der Waals surface area contributed by atoms with Gasteiger partial charge in [-0.05, 0) is 42.5 Å². The van der Waals surface area contributed by atoms with Gasteiger partial charge in [0.25, 0.3) is 0 Å². The maximum atomic E-state index is 12.8. The van der Waals surface area contributed by atoms with Crippen molar-refractivity contribution in [1.29, 1.82) is 0 Å². The molecule has 0 aromatic heterocycles. The number of ketones is 1. The Morgan fingerprint density at radius 2 is 1.76 bits per heavy atom. The Hall–Kier alpha value is -2.20. The smallest absolute Gasteiger partial charge is 0.224 e. The molecule has 1 N–H and O–H groups in total. The highest BCUT2D eigenvalue weighted by Crippen LogP contribution is 2.15. The molecule has 0 atom stereocenters. The maximum absolute atomic E-state index is 12.8. The van der Waals surface area contributed by atoms with Crippen LogP contribution in [0.5, 0.6) is 0 Å². The normalized spacial score (nSPS) is 10.2. The third-order valence-electron chi connectivity index (χ3n) is 2.85. The van der Waals surface area contributed by atoms with E-state index in [1.165, 1.54) is 24.3 Å². The summed E-state index contributed by atoms with van der Waals surface area (Å²) in [5.74, 6) is -0.866. The molecule has 0 saturated heterocycles. The number of hydrogen-bond acceptors (Lipinski definition) is 2. The van der Waals surface area contributed by atoms with Crippen LogP contribution in [0.25, 0.3) is 0 Å². The fraction of sp³-hybridized carbons (Fsp3) is 0.125. The molecule has 0 spiro atoms. The summed E-state index contributed by atoms with van der Waals surface area (Å²) >= 11 is 5.81. The van der Waals surface area contributed by atoms with Crippen LogP contribution < -0.4 is 5.32 Å². The second-order valence-corrected chi connectivity index (χ2v) is 4.93. The molecule has 0 bridgehead atoms. The highest BCUT2D eigenvalue weighted by atomic mass is 35.5. The predicted octanol–water partition coefficient (Wildman–Crippen LogP) is 4.08. The number of carbonyl (C=O) groups is 2. The maximum Gasteiger partial charge on any atom is 0.224 e. The van der Waals surface area contributed by atoms with Crippen LogP contribution in [0.1, 0.15) is 23.2 Å². The summed E-state index contributed by atoms with van der Waals surface area (Å²) in [4.78, 5) is 23.6. The number of amides is 1. The van der Waals surface area contributed by atoms with Crippen LogP contribution in [0.3, 0.4) is 0 Å². The molecular formula is C16H13ClFNO2. The lowest BCUT2D eigenvalue weighted by Crippen LogP contribution is -2.13. The summed E-state index contributed by atoms with van der Waals surface area (Å²) in [6, 6.07) is 12.0. The Morgan fingerprint density at radius 1 is 1.05 bits per heavy atom. The first-order valence-corrected chi connectivity index (χ1v) is 6.76. The topological polar surface area (TPSA) is 46.2 Å². The minimum Gasteiger partial charge on any atom is -0.326 e. The molecule has 0 aliphatic heterocycles. The molecule has 2 aromatic carbocycles. The first kappa shape index (κ1) is 15.2. The minimum absolute atomic E-state index is 0.0583. The van der Waals surface area contributed by atoms with Gasteiger partial charge in [0.15, 0.2) is 5.78 Å². The molecule has 0 aliphatic rings. The van der Waals surface area contributed by atoms with E-state index in [0.29, 0.717) is 16.3 Å². The molecule has 3 nitrogen and oxygen atoms in total. The van der Waals surface area contributed by atoms with Crippen molar-refractivity contribution in [3.63, 3.8) is 0 Å². The van der Waals surface area contributed by atoms with Crippen molar-refractivity contribution in [1.82, 2.24) is 0 Å². The number of benzene rings is 2. The SMILES string of the molecule is O=C(CCC(=O)c1ccc(F)cc1)Nc1cccc(Cl)c1. The van der Waals surface area contributed by atoms with Crippen LogP contribution in [0.15, 0.2) is 48.5 Å². The third kappa shape index (κ3) is 4.68. The van der Waals surface area contributed by atoms with Crippen LogP contribution in [0.4, 0.5) is 10.1 Å². The molecule has 5 heteroatoms. The zero-order valence-electron chi connectivity index (χ0n) is 11.1. The van der Waals surface area contributed by atoms with Gasteiger partial charge < -0.3 is 5.32 Å². The molecule has 0 aliphatic carbocycles. The second-order valence-electron chi connectivity index (χ2n) is 4.49. The van der Waals surface area contributed by atoms with Crippen LogP contribution in [-0.2, 0) is 4.79 Å². The Kier molecular flexibility index (Phi) is 5.06. The zero-order valence-corrected chi connectivity index (χ0v) is 11.9. The number of nitrogens with one attached hydrogen (secondary N) is 1. The molecule has 0 radical (unpaired) electrons. The van der Waals surface area contributed by atoms with Gasteiger partial charge >= 0.3 is 0 Å². The van der Waals surface area contributed by atoms with Gasteiger partial charge in [0.1, 0.15) is 5.82 Å². The minimum atomic E-state index is -0.398. The van der Waals surface area contributed by atoms with E-state index in [1.54, 1.807) is 24.3 Å². The average Bonchev–Trinajstić information content (AvgIpc) is 2.45. The van der Waals surface area contributed by atoms with Crippen molar-refractivity contribution in [3.05, 3.63) is 64.9 Å². The van der Waals surface area contributed by atoms with Crippen LogP contribution in [-0.4, -0.2) is 11.7 Å². The highest BCUT2D eigenvalue weighted by Gasteiger charge is 2.09. The highest BCUT2D eigenvalue weighted by molar-refractivity contribution is 6.30. The van der Waals surface area contributed by atoms with Gasteiger partial charge in [0.05, 0.1) is 0 Å². The van der Waals surface area contributed by atoms with Crippen molar-refractivity contribution in [2.24, 2.45) is 0 Å². The average molecular weight is 306 g/mol. The first-order valence-electron chi connectivity index (χ1n) is 6.39. The van der Waals surface area contributed by atoms with Gasteiger partial charge in [-0.1, -0.05) is 17.7 Å². The standard InChI is InChI=1S/C16H13ClFNO2/c17-12-2-1-3-14(10-12)19-16(21)9-8-15(20)11-4-6-13(18)7-5-11/h1-7,10H,8-9H2,(H,19,21). The molecule has 0 saturated carbocycles. The quantitative estimate of drug-likeness (QED) is 0.846. The van der Waals surface area contributed by atoms with Crippen molar-refractivity contribution < 1.29 is 14.0 Å². The van der Waals surface area contributed by atoms with Crippen molar-refractivity contribution >= 4 is 29.0 Å². The lowest BCUT2D eigenvalue weighted by atomic mass is 10.1. The fourth-order valence-electron chi connectivity index (χ4n) is 1.80. The van der Waals surface area contributed by atoms with Crippen LogP contribution in [0.2, 0.25) is 5.02 Å². The molecule has 0 fully saturated rings. The lowest BCUT2D eigenvalue weighted by molar-refractivity contribution is -0.116. The van der Waals surface area contributed by atoms with E-state index >= 15 is 0 Å². The Balaban J connectivity index is 1.86. The van der Waals surface area contributed by atoms with Gasteiger partial charge in [0.2, 0.25) is 5.91 Å². The Labute approximate surface area is 126 Å². The number of halogens is 2. The van der Waals surface area contributed by atoms with Gasteiger partial charge in [0, 0.05) is 29.1 Å². The van der Waals surface area contributed by atoms with Gasteiger partial charge in [-0.15, -0.1) is 0 Å². The van der Waals surface area contributed by atoms with Crippen molar-refractivity contribution in [3.8, 4) is 0 Å². The molecule has 2 rings (SSSR count). The van der Waals surface area contributed by atoms with Crippen LogP contribution in [0, 0.1) is 5.82 Å². The first-order chi connectivity index (χ1) is 10.0. The number of Topliss-reactive ketones (excluding diaryl/α,β-unsaturated/α-hetero) is 1. The third-order valence-corrected chi connectivity index (χ3v) is 3.09. The summed E-state index contributed by atoms with van der Waals surface area (Å²) in [6.45, 7) is 0. The largest absolute Gasteiger partial charge is 0.326 e. The van der Waals surface area contributed by atoms with E-state index in [9.17, 15) is 14.0 Å². The van der Waals surface area contributed by atoms with Crippen LogP contribution >= 0.6 is 11.6 Å². The van der Waals surface area contributed by atoms with E-state index in [2.05, 4.69) is 5.32 Å². The molecular weight excluding hydrogens is 293 g/mol. The van der Waals surface area contributed by atoms with Gasteiger partial charge in [-0.25, -0.2) is 4.39 Å². The Bertz CT molecular complexity index is 656.